The van der Waals surface area contributed by atoms with Gasteiger partial charge >= 0.3 is 0 Å². The first kappa shape index (κ1) is 22.7. The Bertz CT molecular complexity index is 26.2. The van der Waals surface area contributed by atoms with Crippen molar-refractivity contribution in [3.05, 3.63) is 0 Å². The van der Waals surface area contributed by atoms with Crippen LogP contribution in [-0.4, -0.2) is 25.5 Å². The largest absolute Gasteiger partial charge is 0.309 e. The maximum absolute atomic E-state index is 2.18. The summed E-state index contributed by atoms with van der Waals surface area (Å²) < 4.78 is 0. The Morgan fingerprint density at radius 1 is 0.750 bits per heavy atom. The summed E-state index contributed by atoms with van der Waals surface area (Å²) in [6.45, 7) is 15.4. The van der Waals surface area contributed by atoms with E-state index in [4.69, 9.17) is 0 Å². The highest BCUT2D eigenvalue weighted by molar-refractivity contribution is 4.34. The smallest absolute Gasteiger partial charge is 0.00275 e. The SMILES string of the molecule is CC.CC.CC.CCCN(C)C. The Hall–Kier alpha value is -0.0400. The first-order valence-corrected chi connectivity index (χ1v) is 5.42. The van der Waals surface area contributed by atoms with Crippen molar-refractivity contribution in [1.82, 2.24) is 4.90 Å². The molecule has 0 N–H and O–H groups in total. The predicted octanol–water partition coefficient (Wildman–Crippen LogP) is 4.04. The third-order valence-corrected chi connectivity index (χ3v) is 0.671. The molecule has 1 nitrogen and oxygen atoms in total. The number of rotatable bonds is 2. The molecule has 0 heterocycles. The van der Waals surface area contributed by atoms with Crippen molar-refractivity contribution in [3.8, 4) is 0 Å². The molecular formula is C11H31N. The predicted molar refractivity (Wildman–Crippen MR) is 62.9 cm³/mol. The zero-order chi connectivity index (χ0) is 11.0. The second-order valence-corrected chi connectivity index (χ2v) is 1.80. The minimum absolute atomic E-state index is 1.21. The van der Waals surface area contributed by atoms with Gasteiger partial charge in [-0.25, -0.2) is 0 Å². The standard InChI is InChI=1S/C5H13N.3C2H6/c1-4-5-6(2)3;3*1-2/h4-5H2,1-3H3;3*1-2H3. The molecule has 0 radical (unpaired) electrons. The number of nitrogens with zero attached hydrogens (tertiary/aromatic N) is 1. The van der Waals surface area contributed by atoms with Crippen molar-refractivity contribution in [1.29, 1.82) is 0 Å². The molecule has 0 aromatic carbocycles. The van der Waals surface area contributed by atoms with Gasteiger partial charge in [-0.3, -0.25) is 0 Å². The van der Waals surface area contributed by atoms with E-state index < -0.39 is 0 Å². The van der Waals surface area contributed by atoms with Gasteiger partial charge in [0.1, 0.15) is 0 Å². The normalized spacial score (nSPS) is 6.50. The van der Waals surface area contributed by atoms with Gasteiger partial charge in [-0.05, 0) is 27.1 Å². The van der Waals surface area contributed by atoms with Crippen LogP contribution in [0.2, 0.25) is 0 Å². The molecule has 0 unspecified atom stereocenters. The molecule has 0 fully saturated rings. The third kappa shape index (κ3) is 91.3. The van der Waals surface area contributed by atoms with E-state index in [9.17, 15) is 0 Å². The molecule has 0 spiro atoms. The van der Waals surface area contributed by atoms with Crippen LogP contribution in [0.1, 0.15) is 54.9 Å². The van der Waals surface area contributed by atoms with E-state index in [-0.39, 0.29) is 0 Å². The minimum atomic E-state index is 1.21. The van der Waals surface area contributed by atoms with Crippen LogP contribution in [-0.2, 0) is 0 Å². The average molecular weight is 177 g/mol. The highest BCUT2D eigenvalue weighted by atomic mass is 15.0. The first-order valence-electron chi connectivity index (χ1n) is 5.42. The molecule has 0 aliphatic rings. The highest BCUT2D eigenvalue weighted by Gasteiger charge is 1.79. The van der Waals surface area contributed by atoms with E-state index in [1.54, 1.807) is 0 Å². The van der Waals surface area contributed by atoms with Crippen molar-refractivity contribution in [2.75, 3.05) is 20.6 Å². The molecule has 0 rings (SSSR count). The van der Waals surface area contributed by atoms with Crippen LogP contribution in [0.4, 0.5) is 0 Å². The highest BCUT2D eigenvalue weighted by Crippen LogP contribution is 1.76. The van der Waals surface area contributed by atoms with Crippen LogP contribution >= 0.6 is 0 Å². The van der Waals surface area contributed by atoms with Gasteiger partial charge < -0.3 is 4.90 Å². The molecule has 0 aliphatic carbocycles. The van der Waals surface area contributed by atoms with E-state index >= 15 is 0 Å². The van der Waals surface area contributed by atoms with Crippen molar-refractivity contribution < 1.29 is 0 Å². The molecule has 0 atom stereocenters. The van der Waals surface area contributed by atoms with E-state index in [1.807, 2.05) is 41.5 Å². The Morgan fingerprint density at radius 2 is 1.00 bits per heavy atom. The van der Waals surface area contributed by atoms with Gasteiger partial charge in [0.2, 0.25) is 0 Å². The fourth-order valence-corrected chi connectivity index (χ4v) is 0.447. The van der Waals surface area contributed by atoms with E-state index in [0.717, 1.165) is 0 Å². The third-order valence-electron chi connectivity index (χ3n) is 0.671. The zero-order valence-corrected chi connectivity index (χ0v) is 10.9. The van der Waals surface area contributed by atoms with Gasteiger partial charge in [0, 0.05) is 0 Å². The second-order valence-electron chi connectivity index (χ2n) is 1.80. The molecule has 0 saturated carbocycles. The summed E-state index contributed by atoms with van der Waals surface area (Å²) in [6.07, 6.45) is 1.26. The maximum atomic E-state index is 2.18. The fraction of sp³-hybridized carbons (Fsp3) is 1.00. The summed E-state index contributed by atoms with van der Waals surface area (Å²) in [5.74, 6) is 0. The Kier molecular flexibility index (Phi) is 83.5. The van der Waals surface area contributed by atoms with Crippen LogP contribution in [0, 0.1) is 0 Å². The van der Waals surface area contributed by atoms with Crippen LogP contribution in [0.25, 0.3) is 0 Å². The van der Waals surface area contributed by atoms with Crippen molar-refractivity contribution >= 4 is 0 Å². The van der Waals surface area contributed by atoms with E-state index in [1.165, 1.54) is 13.0 Å². The lowest BCUT2D eigenvalue weighted by Crippen LogP contribution is -2.11. The van der Waals surface area contributed by atoms with Gasteiger partial charge in [0.15, 0.2) is 0 Å². The van der Waals surface area contributed by atoms with Crippen LogP contribution < -0.4 is 0 Å². The Labute approximate surface area is 81.2 Å². The minimum Gasteiger partial charge on any atom is -0.309 e. The van der Waals surface area contributed by atoms with Crippen LogP contribution in [0.5, 0.6) is 0 Å². The lowest BCUT2D eigenvalue weighted by molar-refractivity contribution is 0.408. The van der Waals surface area contributed by atoms with Gasteiger partial charge in [0.25, 0.3) is 0 Å². The van der Waals surface area contributed by atoms with Crippen molar-refractivity contribution in [2.24, 2.45) is 0 Å². The van der Waals surface area contributed by atoms with Crippen LogP contribution in [0.15, 0.2) is 0 Å². The van der Waals surface area contributed by atoms with Gasteiger partial charge in [-0.15, -0.1) is 0 Å². The summed E-state index contributed by atoms with van der Waals surface area (Å²) >= 11 is 0. The molecule has 0 aromatic heterocycles. The fourth-order valence-electron chi connectivity index (χ4n) is 0.447. The van der Waals surface area contributed by atoms with Crippen molar-refractivity contribution in [3.63, 3.8) is 0 Å². The maximum Gasteiger partial charge on any atom is -0.00275 e. The molecule has 0 aromatic rings. The molecule has 0 aliphatic heterocycles. The van der Waals surface area contributed by atoms with E-state index in [0.29, 0.717) is 0 Å². The summed E-state index contributed by atoms with van der Waals surface area (Å²) in [7, 11) is 4.17. The molecule has 1 heteroatoms. The number of hydrogen-bond acceptors (Lipinski definition) is 1. The molecule has 0 saturated heterocycles. The molecule has 80 valence electrons. The lowest BCUT2D eigenvalue weighted by atomic mass is 10.5. The summed E-state index contributed by atoms with van der Waals surface area (Å²) in [4.78, 5) is 2.18. The van der Waals surface area contributed by atoms with Gasteiger partial charge in [0.05, 0.1) is 0 Å². The molecule has 12 heavy (non-hydrogen) atoms. The summed E-state index contributed by atoms with van der Waals surface area (Å²) in [5, 5.41) is 0. The average Bonchev–Trinajstić information content (AvgIpc) is 2.14. The van der Waals surface area contributed by atoms with Crippen molar-refractivity contribution in [2.45, 2.75) is 54.9 Å². The molecule has 0 bridgehead atoms. The Morgan fingerprint density at radius 3 is 1.00 bits per heavy atom. The molecule has 0 amide bonds. The summed E-state index contributed by atoms with van der Waals surface area (Å²) in [6, 6.07) is 0. The molecular weight excluding hydrogens is 146 g/mol. The van der Waals surface area contributed by atoms with Gasteiger partial charge in [-0.1, -0.05) is 48.5 Å². The first-order chi connectivity index (χ1) is 5.77. The van der Waals surface area contributed by atoms with Crippen LogP contribution in [0.3, 0.4) is 0 Å². The second kappa shape index (κ2) is 44.2. The quantitative estimate of drug-likeness (QED) is 0.615. The zero-order valence-electron chi connectivity index (χ0n) is 10.9. The number of hydrogen-bond donors (Lipinski definition) is 0. The Balaban J connectivity index is -0.0000000453. The monoisotopic (exact) mass is 177 g/mol. The topological polar surface area (TPSA) is 3.24 Å². The van der Waals surface area contributed by atoms with E-state index in [2.05, 4.69) is 25.9 Å². The summed E-state index contributed by atoms with van der Waals surface area (Å²) in [5.41, 5.74) is 0. The lowest BCUT2D eigenvalue weighted by Gasteiger charge is -2.03. The van der Waals surface area contributed by atoms with Gasteiger partial charge in [-0.2, -0.15) is 0 Å².